The summed E-state index contributed by atoms with van der Waals surface area (Å²) in [7, 11) is 1.87. The molecule has 1 saturated heterocycles. The third-order valence-corrected chi connectivity index (χ3v) is 6.09. The van der Waals surface area contributed by atoms with E-state index >= 15 is 0 Å². The molecule has 1 aliphatic carbocycles. The van der Waals surface area contributed by atoms with Crippen LogP contribution >= 0.6 is 0 Å². The van der Waals surface area contributed by atoms with E-state index in [1.165, 1.54) is 0 Å². The van der Waals surface area contributed by atoms with E-state index < -0.39 is 5.92 Å². The van der Waals surface area contributed by atoms with Gasteiger partial charge in [0, 0.05) is 38.2 Å². The van der Waals surface area contributed by atoms with Crippen LogP contribution in [0.3, 0.4) is 0 Å². The first-order valence-corrected chi connectivity index (χ1v) is 10.7. The predicted octanol–water partition coefficient (Wildman–Crippen LogP) is 3.55. The first-order chi connectivity index (χ1) is 15.3. The van der Waals surface area contributed by atoms with Gasteiger partial charge in [-0.15, -0.1) is 0 Å². The van der Waals surface area contributed by atoms with Gasteiger partial charge in [-0.2, -0.15) is 10.1 Å². The SMILES string of the molecule is Cc1nc2nc(N3CCOC(c4cnn(C)c4)C3)nc(C3=CCC(F)(F)CC3)c2nc1C. The second kappa shape index (κ2) is 7.84. The van der Waals surface area contributed by atoms with Crippen molar-refractivity contribution >= 4 is 22.7 Å². The van der Waals surface area contributed by atoms with E-state index in [-0.39, 0.29) is 25.4 Å². The second-order valence-electron chi connectivity index (χ2n) is 8.48. The number of aryl methyl sites for hydroxylation is 3. The number of ether oxygens (including phenoxy) is 1. The summed E-state index contributed by atoms with van der Waals surface area (Å²) < 4.78 is 35.2. The van der Waals surface area contributed by atoms with E-state index in [4.69, 9.17) is 14.7 Å². The van der Waals surface area contributed by atoms with Crippen molar-refractivity contribution in [2.24, 2.45) is 7.05 Å². The molecular weight excluding hydrogens is 416 g/mol. The smallest absolute Gasteiger partial charge is 0.251 e. The fourth-order valence-electron chi connectivity index (χ4n) is 4.11. The molecule has 3 aromatic heterocycles. The average molecular weight is 441 g/mol. The van der Waals surface area contributed by atoms with Gasteiger partial charge in [-0.05, 0) is 25.8 Å². The molecule has 0 radical (unpaired) electrons. The lowest BCUT2D eigenvalue weighted by molar-refractivity contribution is -0.00605. The number of anilines is 1. The first kappa shape index (κ1) is 20.9. The Hall–Kier alpha value is -3.01. The minimum absolute atomic E-state index is 0.154. The summed E-state index contributed by atoms with van der Waals surface area (Å²) in [5.74, 6) is -2.16. The summed E-state index contributed by atoms with van der Waals surface area (Å²) in [6, 6.07) is 0. The van der Waals surface area contributed by atoms with Crippen molar-refractivity contribution in [3.8, 4) is 0 Å². The van der Waals surface area contributed by atoms with Gasteiger partial charge in [0.1, 0.15) is 11.6 Å². The van der Waals surface area contributed by atoms with Crippen molar-refractivity contribution in [1.82, 2.24) is 29.7 Å². The number of morpholine rings is 1. The zero-order valence-electron chi connectivity index (χ0n) is 18.3. The van der Waals surface area contributed by atoms with Gasteiger partial charge < -0.3 is 9.64 Å². The number of halogens is 2. The largest absolute Gasteiger partial charge is 0.370 e. The lowest BCUT2D eigenvalue weighted by Gasteiger charge is -2.33. The van der Waals surface area contributed by atoms with E-state index in [0.717, 1.165) is 22.5 Å². The summed E-state index contributed by atoms with van der Waals surface area (Å²) in [6.45, 7) is 5.47. The van der Waals surface area contributed by atoms with Crippen LogP contribution in [0, 0.1) is 13.8 Å². The number of allylic oxidation sites excluding steroid dienone is 2. The molecule has 0 aromatic carbocycles. The number of rotatable bonds is 3. The third kappa shape index (κ3) is 3.94. The first-order valence-electron chi connectivity index (χ1n) is 10.7. The summed E-state index contributed by atoms with van der Waals surface area (Å²) in [4.78, 5) is 20.9. The zero-order valence-corrected chi connectivity index (χ0v) is 18.3. The van der Waals surface area contributed by atoms with Crippen LogP contribution in [0.4, 0.5) is 14.7 Å². The van der Waals surface area contributed by atoms with Gasteiger partial charge in [0.2, 0.25) is 5.95 Å². The minimum Gasteiger partial charge on any atom is -0.370 e. The Morgan fingerprint density at radius 3 is 2.66 bits per heavy atom. The average Bonchev–Trinajstić information content (AvgIpc) is 3.21. The molecule has 4 heterocycles. The van der Waals surface area contributed by atoms with Crippen LogP contribution in [0.25, 0.3) is 16.7 Å². The molecule has 32 heavy (non-hydrogen) atoms. The molecule has 0 saturated carbocycles. The topological polar surface area (TPSA) is 81.9 Å². The lowest BCUT2D eigenvalue weighted by atomic mass is 9.93. The van der Waals surface area contributed by atoms with Gasteiger partial charge in [0.25, 0.3) is 5.92 Å². The van der Waals surface area contributed by atoms with Crippen LogP contribution in [-0.4, -0.2) is 55.3 Å². The predicted molar refractivity (Wildman–Crippen MR) is 115 cm³/mol. The molecule has 1 unspecified atom stereocenters. The molecule has 0 spiro atoms. The summed E-state index contributed by atoms with van der Waals surface area (Å²) in [6.07, 6.45) is 4.93. The highest BCUT2D eigenvalue weighted by atomic mass is 19.3. The molecule has 10 heteroatoms. The van der Waals surface area contributed by atoms with Gasteiger partial charge in [0.05, 0.1) is 36.4 Å². The number of aromatic nitrogens is 6. The molecular formula is C22H25F2N7O. The summed E-state index contributed by atoms with van der Waals surface area (Å²) in [5.41, 5.74) is 4.97. The highest BCUT2D eigenvalue weighted by Gasteiger charge is 2.33. The van der Waals surface area contributed by atoms with Crippen molar-refractivity contribution < 1.29 is 13.5 Å². The normalized spacial score (nSPS) is 21.1. The molecule has 1 aliphatic heterocycles. The van der Waals surface area contributed by atoms with Crippen molar-refractivity contribution in [3.05, 3.63) is 41.1 Å². The Balaban J connectivity index is 1.56. The quantitative estimate of drug-likeness (QED) is 0.615. The summed E-state index contributed by atoms with van der Waals surface area (Å²) in [5, 5.41) is 4.24. The van der Waals surface area contributed by atoms with E-state index in [1.54, 1.807) is 17.0 Å². The fourth-order valence-corrected chi connectivity index (χ4v) is 4.11. The molecule has 0 N–H and O–H groups in total. The van der Waals surface area contributed by atoms with Crippen molar-refractivity contribution in [3.63, 3.8) is 0 Å². The van der Waals surface area contributed by atoms with Crippen LogP contribution in [0.5, 0.6) is 0 Å². The maximum atomic E-state index is 13.8. The van der Waals surface area contributed by atoms with Crippen molar-refractivity contribution in [2.45, 2.75) is 45.1 Å². The minimum atomic E-state index is -2.67. The molecule has 8 nitrogen and oxygen atoms in total. The van der Waals surface area contributed by atoms with Crippen molar-refractivity contribution in [2.75, 3.05) is 24.6 Å². The molecule has 1 fully saturated rings. The van der Waals surface area contributed by atoms with Gasteiger partial charge in [-0.3, -0.25) is 4.68 Å². The standard InChI is InChI=1S/C22H25F2N7O/c1-13-14(2)27-20-19(26-13)18(15-4-6-22(23,24)7-5-15)28-21(29-20)31-8-9-32-17(12-31)16-10-25-30(3)11-16/h4,10-11,17H,5-9,12H2,1-3H3. The summed E-state index contributed by atoms with van der Waals surface area (Å²) >= 11 is 0. The number of alkyl halides is 2. The molecule has 5 rings (SSSR count). The van der Waals surface area contributed by atoms with E-state index in [1.807, 2.05) is 27.1 Å². The lowest BCUT2D eigenvalue weighted by Crippen LogP contribution is -2.39. The Kier molecular flexibility index (Phi) is 5.11. The Morgan fingerprint density at radius 1 is 1.12 bits per heavy atom. The van der Waals surface area contributed by atoms with E-state index in [9.17, 15) is 8.78 Å². The monoisotopic (exact) mass is 441 g/mol. The van der Waals surface area contributed by atoms with Gasteiger partial charge in [0.15, 0.2) is 5.65 Å². The molecule has 1 atom stereocenters. The number of hydrogen-bond donors (Lipinski definition) is 0. The van der Waals surface area contributed by atoms with E-state index in [2.05, 4.69) is 20.0 Å². The Bertz CT molecular complexity index is 1210. The molecule has 3 aromatic rings. The maximum absolute atomic E-state index is 13.8. The highest BCUT2D eigenvalue weighted by molar-refractivity contribution is 5.86. The highest BCUT2D eigenvalue weighted by Crippen LogP contribution is 2.38. The van der Waals surface area contributed by atoms with Gasteiger partial charge in [-0.1, -0.05) is 6.08 Å². The maximum Gasteiger partial charge on any atom is 0.251 e. The van der Waals surface area contributed by atoms with E-state index in [0.29, 0.717) is 42.5 Å². The molecule has 2 aliphatic rings. The second-order valence-corrected chi connectivity index (χ2v) is 8.48. The number of hydrogen-bond acceptors (Lipinski definition) is 7. The molecule has 168 valence electrons. The number of nitrogens with zero attached hydrogens (tertiary/aromatic N) is 7. The van der Waals surface area contributed by atoms with Crippen LogP contribution in [0.1, 0.15) is 48.0 Å². The molecule has 0 bridgehead atoms. The Labute approximate surface area is 184 Å². The van der Waals surface area contributed by atoms with Crippen LogP contribution in [-0.2, 0) is 11.8 Å². The third-order valence-electron chi connectivity index (χ3n) is 6.09. The zero-order chi connectivity index (χ0) is 22.5. The van der Waals surface area contributed by atoms with Crippen LogP contribution in [0.2, 0.25) is 0 Å². The molecule has 0 amide bonds. The van der Waals surface area contributed by atoms with Gasteiger partial charge in [-0.25, -0.2) is 23.7 Å². The number of fused-ring (bicyclic) bond motifs is 1. The van der Waals surface area contributed by atoms with Crippen molar-refractivity contribution in [1.29, 1.82) is 0 Å². The van der Waals surface area contributed by atoms with Crippen LogP contribution < -0.4 is 4.90 Å². The van der Waals surface area contributed by atoms with Crippen LogP contribution in [0.15, 0.2) is 18.5 Å². The Morgan fingerprint density at radius 2 is 1.94 bits per heavy atom. The fraction of sp³-hybridized carbons (Fsp3) is 0.500. The van der Waals surface area contributed by atoms with Gasteiger partial charge >= 0.3 is 0 Å².